The predicted molar refractivity (Wildman–Crippen MR) is 316 cm³/mol. The second-order valence-corrected chi connectivity index (χ2v) is 24.2. The lowest BCUT2D eigenvalue weighted by Crippen LogP contribution is -2.60. The molecule has 1 unspecified atom stereocenters. The number of hydrogen-bond donors (Lipinski definition) is 0. The highest BCUT2D eigenvalue weighted by Crippen LogP contribution is 2.54. The standard InChI is InChI=1S/C68H62BN3S/c1-66(2,3)48-33-35-51(36-34-48)71-60-41-52(70(49-26-16-10-17-27-49)50-28-18-11-19-29-50)42-61-63(60)69(65-64(71)54-43-55-56(44-62(54)73-65)68(6,7)39-38-67(55,4)5)57-37-32-47(45-22-12-8-13-23-45)40-59(57)72(61)58-31-21-20-30-53(58)46-24-14-9-15-25-46/h8-22,24-37,40-45H,23,38-39H2,1-7H3. The number of para-hydroxylation sites is 3. The summed E-state index contributed by atoms with van der Waals surface area (Å²) in [5.74, 6) is 0.285. The number of allylic oxidation sites excluding steroid dienone is 4. The highest BCUT2D eigenvalue weighted by Gasteiger charge is 2.47. The van der Waals surface area contributed by atoms with Gasteiger partial charge in [-0.2, -0.15) is 0 Å². The Kier molecular flexibility index (Phi) is 10.7. The number of thiophene rings is 1. The third-order valence-corrected chi connectivity index (χ3v) is 17.8. The number of fused-ring (bicyclic) bond motifs is 7. The Labute approximate surface area is 436 Å². The molecule has 1 aromatic heterocycles. The van der Waals surface area contributed by atoms with Crippen LogP contribution in [0.15, 0.2) is 206 Å². The third kappa shape index (κ3) is 7.53. The van der Waals surface area contributed by atoms with Gasteiger partial charge in [0.15, 0.2) is 0 Å². The fraction of sp³-hybridized carbons (Fsp3) is 0.206. The van der Waals surface area contributed by atoms with E-state index in [1.807, 2.05) is 11.3 Å². The van der Waals surface area contributed by atoms with Gasteiger partial charge in [0.05, 0.1) is 17.1 Å². The molecular formula is C68H62BN3S. The van der Waals surface area contributed by atoms with E-state index in [4.69, 9.17) is 0 Å². The van der Waals surface area contributed by atoms with E-state index in [-0.39, 0.29) is 28.9 Å². The van der Waals surface area contributed by atoms with Crippen molar-refractivity contribution in [3.63, 3.8) is 0 Å². The van der Waals surface area contributed by atoms with Crippen LogP contribution in [0.1, 0.15) is 95.9 Å². The van der Waals surface area contributed by atoms with Gasteiger partial charge in [0.25, 0.3) is 6.71 Å². The molecule has 73 heavy (non-hydrogen) atoms. The van der Waals surface area contributed by atoms with Gasteiger partial charge >= 0.3 is 0 Å². The summed E-state index contributed by atoms with van der Waals surface area (Å²) in [5.41, 5.74) is 21.5. The normalized spacial score (nSPS) is 17.0. The van der Waals surface area contributed by atoms with E-state index >= 15 is 0 Å². The summed E-state index contributed by atoms with van der Waals surface area (Å²) < 4.78 is 2.77. The fourth-order valence-electron chi connectivity index (χ4n) is 12.5. The van der Waals surface area contributed by atoms with Crippen molar-refractivity contribution in [1.29, 1.82) is 0 Å². The molecule has 3 nitrogen and oxygen atoms in total. The molecule has 0 N–H and O–H groups in total. The van der Waals surface area contributed by atoms with E-state index in [0.717, 1.165) is 35.6 Å². The molecule has 0 saturated carbocycles. The maximum atomic E-state index is 2.67. The number of rotatable bonds is 7. The molecular weight excluding hydrogens is 902 g/mol. The quantitative estimate of drug-likeness (QED) is 0.147. The topological polar surface area (TPSA) is 9.72 Å². The second kappa shape index (κ2) is 17.1. The van der Waals surface area contributed by atoms with Gasteiger partial charge in [0.1, 0.15) is 0 Å². The van der Waals surface area contributed by atoms with Crippen LogP contribution in [0, 0.1) is 0 Å². The summed E-state index contributed by atoms with van der Waals surface area (Å²) in [7, 11) is 0. The average molecular weight is 964 g/mol. The first-order valence-corrected chi connectivity index (χ1v) is 27.2. The zero-order chi connectivity index (χ0) is 49.8. The predicted octanol–water partition coefficient (Wildman–Crippen LogP) is 17.4. The van der Waals surface area contributed by atoms with E-state index in [1.165, 1.54) is 94.0 Å². The fourth-order valence-corrected chi connectivity index (χ4v) is 13.8. The first-order chi connectivity index (χ1) is 35.3. The minimum atomic E-state index is -0.0255. The molecule has 3 heterocycles. The van der Waals surface area contributed by atoms with Gasteiger partial charge in [-0.1, -0.05) is 182 Å². The van der Waals surface area contributed by atoms with Crippen molar-refractivity contribution in [2.75, 3.05) is 14.7 Å². The molecule has 2 aliphatic heterocycles. The molecule has 2 aliphatic carbocycles. The van der Waals surface area contributed by atoms with Gasteiger partial charge in [-0.15, -0.1) is 11.3 Å². The van der Waals surface area contributed by atoms with Gasteiger partial charge < -0.3 is 14.7 Å². The van der Waals surface area contributed by atoms with Crippen molar-refractivity contribution in [3.05, 3.63) is 229 Å². The number of anilines is 9. The van der Waals surface area contributed by atoms with Gasteiger partial charge in [-0.25, -0.2) is 0 Å². The van der Waals surface area contributed by atoms with Crippen LogP contribution in [-0.4, -0.2) is 6.71 Å². The number of nitrogens with zero attached hydrogens (tertiary/aromatic N) is 3. The van der Waals surface area contributed by atoms with Crippen molar-refractivity contribution < 1.29 is 0 Å². The van der Waals surface area contributed by atoms with E-state index < -0.39 is 0 Å². The van der Waals surface area contributed by atoms with Crippen LogP contribution in [0.4, 0.5) is 51.2 Å². The summed E-state index contributed by atoms with van der Waals surface area (Å²) in [6.07, 6.45) is 12.4. The summed E-state index contributed by atoms with van der Waals surface area (Å²) in [4.78, 5) is 7.77. The molecule has 0 saturated heterocycles. The Morgan fingerprint density at radius 2 is 1.19 bits per heavy atom. The van der Waals surface area contributed by atoms with Crippen molar-refractivity contribution in [1.82, 2.24) is 0 Å². The monoisotopic (exact) mass is 963 g/mol. The molecule has 5 heteroatoms. The minimum absolute atomic E-state index is 0.00702. The lowest BCUT2D eigenvalue weighted by atomic mass is 9.36. The first-order valence-electron chi connectivity index (χ1n) is 26.4. The largest absolute Gasteiger partial charge is 0.311 e. The number of benzene rings is 8. The maximum Gasteiger partial charge on any atom is 0.264 e. The second-order valence-electron chi connectivity index (χ2n) is 23.1. The summed E-state index contributed by atoms with van der Waals surface area (Å²) >= 11 is 2.02. The SMILES string of the molecule is CC(C)(C)c1ccc(N2c3cc(N(c4ccccc4)c4ccccc4)cc4c3B(c3ccc(C5C=CC=CC5)cc3N4c3ccccc3-c3ccccc3)c3sc4cc5c(cc4c32)C(C)(C)CCC5(C)C)cc1. The Balaban J connectivity index is 1.18. The van der Waals surface area contributed by atoms with Gasteiger partial charge in [-0.05, 0) is 147 Å². The lowest BCUT2D eigenvalue weighted by molar-refractivity contribution is 0.332. The van der Waals surface area contributed by atoms with Crippen molar-refractivity contribution in [3.8, 4) is 11.1 Å². The van der Waals surface area contributed by atoms with Gasteiger partial charge in [0.2, 0.25) is 0 Å². The first kappa shape index (κ1) is 45.5. The van der Waals surface area contributed by atoms with Gasteiger partial charge in [0, 0.05) is 60.5 Å². The Morgan fingerprint density at radius 3 is 1.84 bits per heavy atom. The van der Waals surface area contributed by atoms with E-state index in [9.17, 15) is 0 Å². The average Bonchev–Trinajstić information content (AvgIpc) is 3.79. The molecule has 0 radical (unpaired) electrons. The zero-order valence-electron chi connectivity index (χ0n) is 43.2. The zero-order valence-corrected chi connectivity index (χ0v) is 44.0. The summed E-state index contributed by atoms with van der Waals surface area (Å²) in [6, 6.07) is 69.2. The highest BCUT2D eigenvalue weighted by molar-refractivity contribution is 7.33. The Bertz CT molecular complexity index is 3620. The van der Waals surface area contributed by atoms with Crippen molar-refractivity contribution in [2.24, 2.45) is 0 Å². The van der Waals surface area contributed by atoms with E-state index in [1.54, 1.807) is 0 Å². The van der Waals surface area contributed by atoms with E-state index in [0.29, 0.717) is 0 Å². The third-order valence-electron chi connectivity index (χ3n) is 16.6. The molecule has 0 spiro atoms. The van der Waals surface area contributed by atoms with Crippen LogP contribution in [0.2, 0.25) is 0 Å². The molecule has 1 atom stereocenters. The Hall–Kier alpha value is -7.34. The smallest absolute Gasteiger partial charge is 0.264 e. The number of hydrogen-bond acceptors (Lipinski definition) is 4. The molecule has 0 amide bonds. The van der Waals surface area contributed by atoms with Crippen LogP contribution in [0.25, 0.3) is 21.2 Å². The highest BCUT2D eigenvalue weighted by atomic mass is 32.1. The van der Waals surface area contributed by atoms with Crippen molar-refractivity contribution >= 4 is 95.0 Å². The van der Waals surface area contributed by atoms with Crippen LogP contribution in [0.5, 0.6) is 0 Å². The molecule has 4 aliphatic rings. The lowest BCUT2D eigenvalue weighted by Gasteiger charge is -2.45. The van der Waals surface area contributed by atoms with Crippen LogP contribution in [-0.2, 0) is 16.2 Å². The molecule has 0 bridgehead atoms. The maximum absolute atomic E-state index is 2.67. The molecule has 13 rings (SSSR count). The molecule has 358 valence electrons. The van der Waals surface area contributed by atoms with Gasteiger partial charge in [-0.3, -0.25) is 0 Å². The van der Waals surface area contributed by atoms with Crippen LogP contribution in [0.3, 0.4) is 0 Å². The van der Waals surface area contributed by atoms with E-state index in [2.05, 4.69) is 269 Å². The summed E-state index contributed by atoms with van der Waals surface area (Å²) in [6.45, 7) is 16.8. The summed E-state index contributed by atoms with van der Waals surface area (Å²) in [5, 5.41) is 1.35. The minimum Gasteiger partial charge on any atom is -0.311 e. The Morgan fingerprint density at radius 1 is 0.575 bits per heavy atom. The van der Waals surface area contributed by atoms with Crippen LogP contribution >= 0.6 is 11.3 Å². The molecule has 8 aromatic carbocycles. The molecule has 9 aromatic rings. The molecule has 0 fully saturated rings. The van der Waals surface area contributed by atoms with Crippen molar-refractivity contribution in [2.45, 2.75) is 89.9 Å². The van der Waals surface area contributed by atoms with Crippen LogP contribution < -0.4 is 30.4 Å².